The summed E-state index contributed by atoms with van der Waals surface area (Å²) in [5.74, 6) is 1.90. The predicted molar refractivity (Wildman–Crippen MR) is 90.6 cm³/mol. The maximum atomic E-state index is 12.8. The van der Waals surface area contributed by atoms with Gasteiger partial charge in [-0.05, 0) is 50.9 Å². The highest BCUT2D eigenvalue weighted by Gasteiger charge is 2.40. The van der Waals surface area contributed by atoms with Crippen LogP contribution >= 0.6 is 12.4 Å². The number of hydrogen-bond donors (Lipinski definition) is 1. The molecule has 2 fully saturated rings. The number of likely N-dealkylation sites (tertiary alicyclic amines) is 1. The second-order valence-corrected chi connectivity index (χ2v) is 7.56. The molecular weight excluding hydrogens is 284 g/mol. The van der Waals surface area contributed by atoms with Gasteiger partial charge < -0.3 is 10.6 Å². The summed E-state index contributed by atoms with van der Waals surface area (Å²) < 4.78 is 0. The fraction of sp³-hybridized carbons (Fsp3) is 0.941. The molecule has 2 rings (SSSR count). The van der Waals surface area contributed by atoms with Crippen LogP contribution < -0.4 is 5.73 Å². The number of nitrogens with zero attached hydrogens (tertiary/aromatic N) is 1. The molecule has 1 saturated heterocycles. The van der Waals surface area contributed by atoms with Gasteiger partial charge in [0.25, 0.3) is 0 Å². The minimum atomic E-state index is -0.293. The van der Waals surface area contributed by atoms with Gasteiger partial charge in [-0.1, -0.05) is 26.7 Å². The summed E-state index contributed by atoms with van der Waals surface area (Å²) in [7, 11) is 0. The van der Waals surface area contributed by atoms with Crippen LogP contribution in [0.25, 0.3) is 0 Å². The Hall–Kier alpha value is -0.280. The molecule has 1 heterocycles. The van der Waals surface area contributed by atoms with Crippen LogP contribution in [0.5, 0.6) is 0 Å². The summed E-state index contributed by atoms with van der Waals surface area (Å²) >= 11 is 0. The van der Waals surface area contributed by atoms with Crippen molar-refractivity contribution in [2.45, 2.75) is 71.3 Å². The summed E-state index contributed by atoms with van der Waals surface area (Å²) in [6.45, 7) is 8.56. The van der Waals surface area contributed by atoms with E-state index >= 15 is 0 Å². The third-order valence-corrected chi connectivity index (χ3v) is 5.58. The molecule has 0 radical (unpaired) electrons. The second-order valence-electron chi connectivity index (χ2n) is 7.56. The molecule has 3 unspecified atom stereocenters. The Bertz CT molecular complexity index is 344. The minimum Gasteiger partial charge on any atom is -0.342 e. The lowest BCUT2D eigenvalue weighted by Crippen LogP contribution is -2.53. The van der Waals surface area contributed by atoms with Gasteiger partial charge in [0.2, 0.25) is 5.91 Å². The van der Waals surface area contributed by atoms with Crippen LogP contribution in [0.3, 0.4) is 0 Å². The molecule has 0 aromatic carbocycles. The highest BCUT2D eigenvalue weighted by molar-refractivity contribution is 5.85. The third-order valence-electron chi connectivity index (χ3n) is 5.58. The monoisotopic (exact) mass is 316 g/mol. The lowest BCUT2D eigenvalue weighted by molar-refractivity contribution is -0.138. The van der Waals surface area contributed by atoms with Gasteiger partial charge in [0, 0.05) is 18.6 Å². The van der Waals surface area contributed by atoms with Crippen molar-refractivity contribution < 1.29 is 4.79 Å². The van der Waals surface area contributed by atoms with E-state index in [1.165, 1.54) is 12.8 Å². The molecule has 1 saturated carbocycles. The van der Waals surface area contributed by atoms with Crippen molar-refractivity contribution in [2.75, 3.05) is 13.1 Å². The standard InChI is InChI=1S/C17H32N2O.ClH/c1-13(2)14-7-6-11-19(12-9-14)16(20)15-8-4-5-10-17(15,3)18;/h13-15H,4-12,18H2,1-3H3;1H. The Kier molecular flexibility index (Phi) is 6.99. The van der Waals surface area contributed by atoms with Crippen LogP contribution in [0.15, 0.2) is 0 Å². The lowest BCUT2D eigenvalue weighted by Gasteiger charge is -2.39. The summed E-state index contributed by atoms with van der Waals surface area (Å²) in [5, 5.41) is 0. The van der Waals surface area contributed by atoms with Gasteiger partial charge in [0.05, 0.1) is 5.92 Å². The molecule has 3 nitrogen and oxygen atoms in total. The van der Waals surface area contributed by atoms with Crippen LogP contribution in [0.4, 0.5) is 0 Å². The normalized spacial score (nSPS) is 34.2. The number of nitrogens with two attached hydrogens (primary N) is 1. The molecule has 0 aromatic rings. The van der Waals surface area contributed by atoms with Crippen molar-refractivity contribution in [1.82, 2.24) is 4.90 Å². The summed E-state index contributed by atoms with van der Waals surface area (Å²) in [5.41, 5.74) is 6.10. The Balaban J connectivity index is 0.00000220. The first-order chi connectivity index (χ1) is 9.42. The Morgan fingerprint density at radius 1 is 1.14 bits per heavy atom. The second kappa shape index (κ2) is 7.82. The molecule has 0 bridgehead atoms. The van der Waals surface area contributed by atoms with Crippen molar-refractivity contribution in [1.29, 1.82) is 0 Å². The molecular formula is C17H33ClN2O. The summed E-state index contributed by atoms with van der Waals surface area (Å²) in [6.07, 6.45) is 7.89. The van der Waals surface area contributed by atoms with E-state index in [0.29, 0.717) is 5.91 Å². The van der Waals surface area contributed by atoms with Crippen LogP contribution in [-0.4, -0.2) is 29.4 Å². The summed E-state index contributed by atoms with van der Waals surface area (Å²) in [6, 6.07) is 0. The number of carbonyl (C=O) groups is 1. The molecule has 1 aliphatic heterocycles. The molecule has 0 aromatic heterocycles. The van der Waals surface area contributed by atoms with Crippen LogP contribution in [0.2, 0.25) is 0 Å². The minimum absolute atomic E-state index is 0. The van der Waals surface area contributed by atoms with E-state index in [1.807, 2.05) is 0 Å². The van der Waals surface area contributed by atoms with E-state index in [2.05, 4.69) is 25.7 Å². The topological polar surface area (TPSA) is 46.3 Å². The van der Waals surface area contributed by atoms with Crippen LogP contribution in [-0.2, 0) is 4.79 Å². The lowest BCUT2D eigenvalue weighted by atomic mass is 9.74. The first kappa shape index (κ1) is 18.8. The van der Waals surface area contributed by atoms with Crippen molar-refractivity contribution in [3.05, 3.63) is 0 Å². The highest BCUT2D eigenvalue weighted by Crippen LogP contribution is 2.34. The van der Waals surface area contributed by atoms with Gasteiger partial charge in [-0.25, -0.2) is 0 Å². The predicted octanol–water partition coefficient (Wildman–Crippen LogP) is 3.60. The molecule has 1 amide bonds. The van der Waals surface area contributed by atoms with Crippen molar-refractivity contribution in [3.8, 4) is 0 Å². The van der Waals surface area contributed by atoms with Crippen molar-refractivity contribution in [3.63, 3.8) is 0 Å². The smallest absolute Gasteiger partial charge is 0.227 e. The first-order valence-electron chi connectivity index (χ1n) is 8.49. The van der Waals surface area contributed by atoms with E-state index in [4.69, 9.17) is 5.73 Å². The molecule has 2 aliphatic rings. The average Bonchev–Trinajstić information content (AvgIpc) is 2.63. The van der Waals surface area contributed by atoms with Gasteiger partial charge in [-0.3, -0.25) is 4.79 Å². The average molecular weight is 317 g/mol. The van der Waals surface area contributed by atoms with Gasteiger partial charge in [0.15, 0.2) is 0 Å². The number of hydrogen-bond acceptors (Lipinski definition) is 2. The number of rotatable bonds is 2. The van der Waals surface area contributed by atoms with E-state index in [1.54, 1.807) is 0 Å². The zero-order valence-electron chi connectivity index (χ0n) is 13.9. The fourth-order valence-corrected chi connectivity index (χ4v) is 3.99. The van der Waals surface area contributed by atoms with Gasteiger partial charge in [-0.15, -0.1) is 12.4 Å². The van der Waals surface area contributed by atoms with Gasteiger partial charge >= 0.3 is 0 Å². The largest absolute Gasteiger partial charge is 0.342 e. The Morgan fingerprint density at radius 2 is 1.86 bits per heavy atom. The molecule has 3 atom stereocenters. The summed E-state index contributed by atoms with van der Waals surface area (Å²) in [4.78, 5) is 15.0. The number of amides is 1. The van der Waals surface area contributed by atoms with E-state index < -0.39 is 0 Å². The van der Waals surface area contributed by atoms with E-state index in [9.17, 15) is 4.79 Å². The fourth-order valence-electron chi connectivity index (χ4n) is 3.99. The first-order valence-corrected chi connectivity index (χ1v) is 8.49. The third kappa shape index (κ3) is 4.59. The molecule has 1 aliphatic carbocycles. The number of halogens is 1. The molecule has 4 heteroatoms. The van der Waals surface area contributed by atoms with Crippen molar-refractivity contribution >= 4 is 18.3 Å². The Morgan fingerprint density at radius 3 is 2.48 bits per heavy atom. The molecule has 21 heavy (non-hydrogen) atoms. The maximum absolute atomic E-state index is 12.8. The number of carbonyl (C=O) groups excluding carboxylic acids is 1. The van der Waals surface area contributed by atoms with Crippen LogP contribution in [0.1, 0.15) is 65.7 Å². The molecule has 0 spiro atoms. The van der Waals surface area contributed by atoms with Gasteiger partial charge in [-0.2, -0.15) is 0 Å². The molecule has 2 N–H and O–H groups in total. The van der Waals surface area contributed by atoms with E-state index in [-0.39, 0.29) is 23.9 Å². The quantitative estimate of drug-likeness (QED) is 0.846. The van der Waals surface area contributed by atoms with Crippen molar-refractivity contribution in [2.24, 2.45) is 23.5 Å². The zero-order chi connectivity index (χ0) is 14.8. The Labute approximate surface area is 136 Å². The SMILES string of the molecule is CC(C)C1CCCN(C(=O)C2CCCCC2(C)N)CC1.Cl. The molecule has 124 valence electrons. The van der Waals surface area contributed by atoms with Crippen LogP contribution in [0, 0.1) is 17.8 Å². The van der Waals surface area contributed by atoms with Gasteiger partial charge in [0.1, 0.15) is 0 Å². The van der Waals surface area contributed by atoms with E-state index in [0.717, 1.165) is 57.0 Å². The maximum Gasteiger partial charge on any atom is 0.227 e. The zero-order valence-corrected chi connectivity index (χ0v) is 14.8. The highest BCUT2D eigenvalue weighted by atomic mass is 35.5.